The minimum atomic E-state index is -2.60. The Balaban J connectivity index is 0.00000264. The molecule has 0 atom stereocenters. The quantitative estimate of drug-likeness (QED) is 0.718. The topological polar surface area (TPSA) is 36.3 Å². The Morgan fingerprint density at radius 2 is 2.13 bits per heavy atom. The maximum atomic E-state index is 14.2. The first kappa shape index (κ1) is 19.5. The van der Waals surface area contributed by atoms with Crippen molar-refractivity contribution in [3.8, 4) is 11.8 Å². The van der Waals surface area contributed by atoms with Gasteiger partial charge in [0, 0.05) is 38.8 Å². The van der Waals surface area contributed by atoms with E-state index in [0.29, 0.717) is 5.70 Å². The number of rotatable bonds is 5. The van der Waals surface area contributed by atoms with Crippen molar-refractivity contribution in [3.05, 3.63) is 60.1 Å². The number of benzene rings is 1. The van der Waals surface area contributed by atoms with Crippen molar-refractivity contribution < 1.29 is 50.6 Å². The van der Waals surface area contributed by atoms with E-state index in [1.807, 2.05) is 0 Å². The van der Waals surface area contributed by atoms with Crippen LogP contribution in [0.25, 0.3) is 5.70 Å². The molecule has 1 aromatic rings. The third-order valence-corrected chi connectivity index (χ3v) is 2.93. The van der Waals surface area contributed by atoms with E-state index in [9.17, 15) is 13.2 Å². The molecule has 0 amide bonds. The molecular weight excluding hydrogens is 382 g/mol. The molecule has 0 saturated carbocycles. The molecule has 0 aliphatic carbocycles. The van der Waals surface area contributed by atoms with Crippen LogP contribution in [0.4, 0.5) is 13.2 Å². The Kier molecular flexibility index (Phi) is 7.53. The SMILES string of the molecule is C=C1C=C[C-]=C(c2ccc(OCC#N)cc2F)N1CC(F)F.[Y]. The predicted octanol–water partition coefficient (Wildman–Crippen LogP) is 3.52. The molecule has 1 heterocycles. The van der Waals surface area contributed by atoms with Crippen LogP contribution in [-0.4, -0.2) is 24.5 Å². The maximum Gasteiger partial charge on any atom is 0.256 e. The molecule has 1 aliphatic rings. The fourth-order valence-electron chi connectivity index (χ4n) is 1.99. The van der Waals surface area contributed by atoms with E-state index >= 15 is 0 Å². The first-order chi connectivity index (χ1) is 10.5. The van der Waals surface area contributed by atoms with Gasteiger partial charge in [0.15, 0.2) is 6.61 Å². The third-order valence-electron chi connectivity index (χ3n) is 2.93. The van der Waals surface area contributed by atoms with Crippen LogP contribution in [0.2, 0.25) is 0 Å². The first-order valence-electron chi connectivity index (χ1n) is 6.37. The van der Waals surface area contributed by atoms with Crippen molar-refractivity contribution in [2.45, 2.75) is 6.43 Å². The zero-order chi connectivity index (χ0) is 16.1. The average molecular weight is 394 g/mol. The van der Waals surface area contributed by atoms with Gasteiger partial charge in [0.05, 0.1) is 12.4 Å². The van der Waals surface area contributed by atoms with Crippen LogP contribution in [0, 0.1) is 23.2 Å². The largest absolute Gasteiger partial charge is 0.479 e. The number of allylic oxidation sites excluding steroid dienone is 3. The Hall–Kier alpha value is -1.58. The summed E-state index contributed by atoms with van der Waals surface area (Å²) >= 11 is 0. The average Bonchev–Trinajstić information content (AvgIpc) is 2.47. The van der Waals surface area contributed by atoms with E-state index in [0.717, 1.165) is 6.07 Å². The van der Waals surface area contributed by atoms with Gasteiger partial charge in [-0.25, -0.2) is 13.2 Å². The number of nitriles is 1. The van der Waals surface area contributed by atoms with Crippen LogP contribution >= 0.6 is 0 Å². The van der Waals surface area contributed by atoms with Crippen molar-refractivity contribution in [1.29, 1.82) is 5.26 Å². The summed E-state index contributed by atoms with van der Waals surface area (Å²) in [5, 5.41) is 8.43. The molecule has 0 N–H and O–H groups in total. The van der Waals surface area contributed by atoms with E-state index in [2.05, 4.69) is 12.7 Å². The molecule has 23 heavy (non-hydrogen) atoms. The molecule has 0 spiro atoms. The zero-order valence-electron chi connectivity index (χ0n) is 12.1. The summed E-state index contributed by atoms with van der Waals surface area (Å²) in [6.45, 7) is 2.87. The Bertz CT molecular complexity index is 680. The summed E-state index contributed by atoms with van der Waals surface area (Å²) in [7, 11) is 0. The van der Waals surface area contributed by atoms with Crippen LogP contribution in [0.5, 0.6) is 5.75 Å². The van der Waals surface area contributed by atoms with Gasteiger partial charge in [0.2, 0.25) is 0 Å². The second-order valence-corrected chi connectivity index (χ2v) is 4.41. The summed E-state index contributed by atoms with van der Waals surface area (Å²) in [6, 6.07) is 5.74. The van der Waals surface area contributed by atoms with Crippen molar-refractivity contribution in [3.63, 3.8) is 0 Å². The van der Waals surface area contributed by atoms with Crippen LogP contribution < -0.4 is 4.74 Å². The maximum absolute atomic E-state index is 14.2. The molecule has 0 aromatic heterocycles. The van der Waals surface area contributed by atoms with Crippen molar-refractivity contribution in [2.75, 3.05) is 13.2 Å². The molecular formula is C16H12F3N2OY-. The number of halogens is 3. The number of alkyl halides is 2. The fourth-order valence-corrected chi connectivity index (χ4v) is 1.99. The minimum Gasteiger partial charge on any atom is -0.479 e. The standard InChI is InChI=1S/C16H12F3N2O.Y/c1-11-3-2-4-15(21(11)10-16(18)19)13-6-5-12(9-14(13)17)22-8-7-20;/h2-3,5-6,9,16H,1,8,10H2;/q-1;. The molecule has 1 aliphatic heterocycles. The van der Waals surface area contributed by atoms with Gasteiger partial charge < -0.3 is 9.64 Å². The summed E-state index contributed by atoms with van der Waals surface area (Å²) in [4.78, 5) is 1.21. The number of nitrogens with zero attached hydrogens (tertiary/aromatic N) is 2. The van der Waals surface area contributed by atoms with E-state index in [1.165, 1.54) is 29.2 Å². The van der Waals surface area contributed by atoms with E-state index in [-0.39, 0.29) is 56.3 Å². The Labute approximate surface area is 157 Å². The normalized spacial score (nSPS) is 13.4. The number of hydrogen-bond acceptors (Lipinski definition) is 3. The van der Waals surface area contributed by atoms with E-state index in [1.54, 1.807) is 6.07 Å². The summed E-state index contributed by atoms with van der Waals surface area (Å²) < 4.78 is 44.6. The fraction of sp³-hybridized carbons (Fsp3) is 0.188. The van der Waals surface area contributed by atoms with Crippen LogP contribution in [0.15, 0.2) is 42.6 Å². The first-order valence-corrected chi connectivity index (χ1v) is 6.37. The third kappa shape index (κ3) is 4.95. The van der Waals surface area contributed by atoms with Crippen LogP contribution in [0.3, 0.4) is 0 Å². The molecule has 0 fully saturated rings. The molecule has 1 aromatic carbocycles. The summed E-state index contributed by atoms with van der Waals surface area (Å²) in [5.41, 5.74) is 0.617. The second kappa shape index (κ2) is 8.90. The predicted molar refractivity (Wildman–Crippen MR) is 75.1 cm³/mol. The van der Waals surface area contributed by atoms with Gasteiger partial charge in [-0.3, -0.25) is 0 Å². The Morgan fingerprint density at radius 3 is 2.74 bits per heavy atom. The van der Waals surface area contributed by atoms with Crippen molar-refractivity contribution in [1.82, 2.24) is 4.90 Å². The molecule has 0 bridgehead atoms. The van der Waals surface area contributed by atoms with Crippen molar-refractivity contribution >= 4 is 5.70 Å². The zero-order valence-corrected chi connectivity index (χ0v) is 14.9. The van der Waals surface area contributed by atoms with Gasteiger partial charge in [0.1, 0.15) is 11.8 Å². The van der Waals surface area contributed by atoms with E-state index in [4.69, 9.17) is 10.00 Å². The molecule has 1 radical (unpaired) electrons. The van der Waals surface area contributed by atoms with Crippen LogP contribution in [-0.2, 0) is 32.7 Å². The number of hydrogen-bond donors (Lipinski definition) is 0. The van der Waals surface area contributed by atoms with Gasteiger partial charge in [-0.2, -0.15) is 17.4 Å². The van der Waals surface area contributed by atoms with E-state index < -0.39 is 18.8 Å². The molecule has 117 valence electrons. The minimum absolute atomic E-state index is 0. The van der Waals surface area contributed by atoms with Gasteiger partial charge in [0.25, 0.3) is 6.43 Å². The van der Waals surface area contributed by atoms with Gasteiger partial charge in [-0.1, -0.05) is 17.8 Å². The Morgan fingerprint density at radius 1 is 1.39 bits per heavy atom. The summed E-state index contributed by atoms with van der Waals surface area (Å²) in [5.74, 6) is -0.464. The van der Waals surface area contributed by atoms with Gasteiger partial charge in [-0.15, -0.1) is 12.1 Å². The number of ether oxygens (including phenoxy) is 1. The monoisotopic (exact) mass is 394 g/mol. The van der Waals surface area contributed by atoms with Gasteiger partial charge in [-0.05, 0) is 11.8 Å². The molecule has 0 saturated heterocycles. The van der Waals surface area contributed by atoms with Crippen molar-refractivity contribution in [2.24, 2.45) is 0 Å². The second-order valence-electron chi connectivity index (χ2n) is 4.41. The summed E-state index contributed by atoms with van der Waals surface area (Å²) in [6.07, 6.45) is 3.18. The smallest absolute Gasteiger partial charge is 0.256 e. The van der Waals surface area contributed by atoms with Crippen LogP contribution in [0.1, 0.15) is 5.56 Å². The van der Waals surface area contributed by atoms with Gasteiger partial charge >= 0.3 is 0 Å². The molecule has 0 unspecified atom stereocenters. The molecule has 3 nitrogen and oxygen atoms in total. The molecule has 2 rings (SSSR count). The molecule has 7 heteroatoms.